The first kappa shape index (κ1) is 13.9. The lowest BCUT2D eigenvalue weighted by Crippen LogP contribution is -2.07. The van der Waals surface area contributed by atoms with Crippen molar-refractivity contribution >= 4 is 11.5 Å². The van der Waals surface area contributed by atoms with Gasteiger partial charge >= 0.3 is 0 Å². The number of hydrogen-bond acceptors (Lipinski definition) is 4. The summed E-state index contributed by atoms with van der Waals surface area (Å²) < 4.78 is 23.9. The summed E-state index contributed by atoms with van der Waals surface area (Å²) >= 11 is 0. The second-order valence-electron chi connectivity index (χ2n) is 4.13. The van der Waals surface area contributed by atoms with E-state index in [4.69, 9.17) is 15.2 Å². The van der Waals surface area contributed by atoms with Crippen molar-refractivity contribution in [2.45, 2.75) is 0 Å². The van der Waals surface area contributed by atoms with Crippen LogP contribution in [0.2, 0.25) is 0 Å². The van der Waals surface area contributed by atoms with Crippen LogP contribution < -0.4 is 15.2 Å². The fourth-order valence-corrected chi connectivity index (χ4v) is 1.86. The molecule has 0 aliphatic heterocycles. The van der Waals surface area contributed by atoms with E-state index in [0.29, 0.717) is 17.2 Å². The zero-order valence-electron chi connectivity index (χ0n) is 11.1. The summed E-state index contributed by atoms with van der Waals surface area (Å²) in [7, 11) is 2.86. The molecule has 0 aliphatic rings. The molecule has 4 nitrogen and oxygen atoms in total. The quantitative estimate of drug-likeness (QED) is 0.688. The summed E-state index contributed by atoms with van der Waals surface area (Å²) in [6, 6.07) is 8.70. The van der Waals surface area contributed by atoms with Crippen molar-refractivity contribution in [2.75, 3.05) is 20.0 Å². The van der Waals surface area contributed by atoms with E-state index in [9.17, 15) is 9.18 Å². The number of benzene rings is 2. The summed E-state index contributed by atoms with van der Waals surface area (Å²) in [6.45, 7) is 0. The molecule has 0 bridgehead atoms. The van der Waals surface area contributed by atoms with Crippen LogP contribution in [-0.2, 0) is 0 Å². The molecule has 20 heavy (non-hydrogen) atoms. The number of carbonyl (C=O) groups is 1. The molecule has 0 saturated heterocycles. The average Bonchev–Trinajstić information content (AvgIpc) is 2.46. The molecule has 0 amide bonds. The van der Waals surface area contributed by atoms with E-state index in [1.807, 2.05) is 0 Å². The number of nitrogen functional groups attached to an aromatic ring is 1. The maximum absolute atomic E-state index is 13.9. The third-order valence-electron chi connectivity index (χ3n) is 2.89. The van der Waals surface area contributed by atoms with E-state index in [1.54, 1.807) is 12.1 Å². The second kappa shape index (κ2) is 5.61. The van der Waals surface area contributed by atoms with E-state index in [1.165, 1.54) is 32.4 Å². The molecule has 2 aromatic rings. The Morgan fingerprint density at radius 2 is 1.80 bits per heavy atom. The molecule has 5 heteroatoms. The Bertz CT molecular complexity index is 656. The van der Waals surface area contributed by atoms with Crippen LogP contribution in [0.15, 0.2) is 36.4 Å². The minimum Gasteiger partial charge on any atom is -0.497 e. The van der Waals surface area contributed by atoms with Crippen LogP contribution >= 0.6 is 0 Å². The molecule has 0 aromatic heterocycles. The molecule has 2 N–H and O–H groups in total. The van der Waals surface area contributed by atoms with Crippen molar-refractivity contribution in [3.63, 3.8) is 0 Å². The van der Waals surface area contributed by atoms with Gasteiger partial charge in [-0.05, 0) is 30.3 Å². The van der Waals surface area contributed by atoms with Gasteiger partial charge in [-0.1, -0.05) is 0 Å². The van der Waals surface area contributed by atoms with Gasteiger partial charge in [0.1, 0.15) is 17.3 Å². The number of carbonyl (C=O) groups excluding carboxylic acids is 1. The van der Waals surface area contributed by atoms with Crippen LogP contribution in [0, 0.1) is 5.82 Å². The number of methoxy groups -OCH3 is 2. The number of ketones is 1. The fraction of sp³-hybridized carbons (Fsp3) is 0.133. The Morgan fingerprint density at radius 3 is 2.40 bits per heavy atom. The van der Waals surface area contributed by atoms with Crippen LogP contribution in [0.3, 0.4) is 0 Å². The molecule has 0 spiro atoms. The highest BCUT2D eigenvalue weighted by Gasteiger charge is 2.18. The lowest BCUT2D eigenvalue weighted by atomic mass is 10.0. The molecule has 104 valence electrons. The number of anilines is 1. The predicted octanol–water partition coefficient (Wildman–Crippen LogP) is 2.66. The molecule has 0 unspecified atom stereocenters. The van der Waals surface area contributed by atoms with Gasteiger partial charge in [-0.2, -0.15) is 0 Å². The van der Waals surface area contributed by atoms with Gasteiger partial charge in [0.15, 0.2) is 5.78 Å². The SMILES string of the molecule is COc1ccc(C(=O)c2cc(N)ccc2OC)c(F)c1. The topological polar surface area (TPSA) is 61.5 Å². The van der Waals surface area contributed by atoms with E-state index in [-0.39, 0.29) is 11.1 Å². The van der Waals surface area contributed by atoms with Crippen LogP contribution in [0.1, 0.15) is 15.9 Å². The number of nitrogens with two attached hydrogens (primary N) is 1. The Balaban J connectivity index is 2.48. The summed E-state index contributed by atoms with van der Waals surface area (Å²) in [5.74, 6) is -0.453. The van der Waals surface area contributed by atoms with Crippen LogP contribution in [0.5, 0.6) is 11.5 Å². The van der Waals surface area contributed by atoms with Crippen LogP contribution in [0.25, 0.3) is 0 Å². The molecular formula is C15H14FNO3. The van der Waals surface area contributed by atoms with Crippen molar-refractivity contribution in [1.82, 2.24) is 0 Å². The highest BCUT2D eigenvalue weighted by atomic mass is 19.1. The van der Waals surface area contributed by atoms with Gasteiger partial charge in [0.05, 0.1) is 25.3 Å². The van der Waals surface area contributed by atoms with Crippen LogP contribution in [-0.4, -0.2) is 20.0 Å². The summed E-state index contributed by atoms with van der Waals surface area (Å²) in [6.07, 6.45) is 0. The number of halogens is 1. The molecule has 0 fully saturated rings. The average molecular weight is 275 g/mol. The second-order valence-corrected chi connectivity index (χ2v) is 4.13. The van der Waals surface area contributed by atoms with Crippen LogP contribution in [0.4, 0.5) is 10.1 Å². The predicted molar refractivity (Wildman–Crippen MR) is 73.8 cm³/mol. The number of rotatable bonds is 4. The first-order valence-corrected chi connectivity index (χ1v) is 5.88. The smallest absolute Gasteiger partial charge is 0.199 e. The van der Waals surface area contributed by atoms with Crippen molar-refractivity contribution in [2.24, 2.45) is 0 Å². The van der Waals surface area contributed by atoms with Gasteiger partial charge in [-0.3, -0.25) is 4.79 Å². The van der Waals surface area contributed by atoms with Gasteiger partial charge in [0, 0.05) is 11.8 Å². The van der Waals surface area contributed by atoms with E-state index >= 15 is 0 Å². The van der Waals surface area contributed by atoms with Crippen molar-refractivity contribution in [1.29, 1.82) is 0 Å². The normalized spacial score (nSPS) is 10.2. The fourth-order valence-electron chi connectivity index (χ4n) is 1.86. The van der Waals surface area contributed by atoms with Crippen molar-refractivity contribution < 1.29 is 18.7 Å². The molecule has 0 aliphatic carbocycles. The lowest BCUT2D eigenvalue weighted by Gasteiger charge is -2.10. The van der Waals surface area contributed by atoms with E-state index in [2.05, 4.69) is 0 Å². The Hall–Kier alpha value is -2.56. The Labute approximate surface area is 115 Å². The van der Waals surface area contributed by atoms with Crippen molar-refractivity contribution in [3.8, 4) is 11.5 Å². The van der Waals surface area contributed by atoms with Crippen molar-refractivity contribution in [3.05, 3.63) is 53.3 Å². The largest absolute Gasteiger partial charge is 0.497 e. The first-order valence-electron chi connectivity index (χ1n) is 5.88. The number of hydrogen-bond donors (Lipinski definition) is 1. The summed E-state index contributed by atoms with van der Waals surface area (Å²) in [4.78, 5) is 12.4. The third kappa shape index (κ3) is 2.56. The standard InChI is InChI=1S/C15H14FNO3/c1-19-10-4-5-11(13(16)8-10)15(18)12-7-9(17)3-6-14(12)20-2/h3-8H,17H2,1-2H3. The monoisotopic (exact) mass is 275 g/mol. The lowest BCUT2D eigenvalue weighted by molar-refractivity contribution is 0.103. The van der Waals surface area contributed by atoms with E-state index in [0.717, 1.165) is 6.07 Å². The van der Waals surface area contributed by atoms with Gasteiger partial charge in [0.25, 0.3) is 0 Å². The van der Waals surface area contributed by atoms with Gasteiger partial charge in [-0.15, -0.1) is 0 Å². The maximum atomic E-state index is 13.9. The molecule has 0 heterocycles. The van der Waals surface area contributed by atoms with E-state index < -0.39 is 11.6 Å². The van der Waals surface area contributed by atoms with Gasteiger partial charge < -0.3 is 15.2 Å². The minimum atomic E-state index is -0.654. The molecule has 2 rings (SSSR count). The molecule has 0 atom stereocenters. The number of ether oxygens (including phenoxy) is 2. The minimum absolute atomic E-state index is 0.0605. The van der Waals surface area contributed by atoms with Gasteiger partial charge in [-0.25, -0.2) is 4.39 Å². The summed E-state index contributed by atoms with van der Waals surface area (Å²) in [5.41, 5.74) is 6.22. The third-order valence-corrected chi connectivity index (χ3v) is 2.89. The molecule has 2 aromatic carbocycles. The first-order chi connectivity index (χ1) is 9.56. The highest BCUT2D eigenvalue weighted by Crippen LogP contribution is 2.26. The zero-order valence-corrected chi connectivity index (χ0v) is 11.1. The molecule has 0 radical (unpaired) electrons. The highest BCUT2D eigenvalue weighted by molar-refractivity contribution is 6.11. The molecule has 0 saturated carbocycles. The summed E-state index contributed by atoms with van der Waals surface area (Å²) in [5, 5.41) is 0. The van der Waals surface area contributed by atoms with Gasteiger partial charge in [0.2, 0.25) is 0 Å². The Kier molecular flexibility index (Phi) is 3.89. The zero-order chi connectivity index (χ0) is 14.7. The molecular weight excluding hydrogens is 261 g/mol. The Morgan fingerprint density at radius 1 is 1.05 bits per heavy atom. The maximum Gasteiger partial charge on any atom is 0.199 e.